The number of methoxy groups -OCH3 is 1. The lowest BCUT2D eigenvalue weighted by Gasteiger charge is -2.11. The Morgan fingerprint density at radius 3 is 2.55 bits per heavy atom. The number of rotatable bonds is 3. The molecule has 104 valence electrons. The molecule has 0 aliphatic carbocycles. The summed E-state index contributed by atoms with van der Waals surface area (Å²) in [4.78, 5) is 12.4. The van der Waals surface area contributed by atoms with Crippen molar-refractivity contribution in [3.8, 4) is 5.75 Å². The minimum Gasteiger partial charge on any atom is -0.496 e. The molecule has 2 rings (SSSR count). The van der Waals surface area contributed by atoms with Crippen molar-refractivity contribution < 1.29 is 18.3 Å². The molecule has 5 heteroatoms. The van der Waals surface area contributed by atoms with Crippen molar-refractivity contribution in [3.05, 3.63) is 63.1 Å². The molecule has 2 aromatic carbocycles. The van der Waals surface area contributed by atoms with Gasteiger partial charge in [-0.3, -0.25) is 4.79 Å². The smallest absolute Gasteiger partial charge is 0.199 e. The van der Waals surface area contributed by atoms with Gasteiger partial charge in [0.25, 0.3) is 0 Å². The van der Waals surface area contributed by atoms with Crippen LogP contribution in [-0.2, 0) is 0 Å². The molecule has 0 bridgehead atoms. The number of carbonyl (C=O) groups is 1. The van der Waals surface area contributed by atoms with Crippen LogP contribution in [0.3, 0.4) is 0 Å². The minimum absolute atomic E-state index is 0.175. The predicted octanol–water partition coefficient (Wildman–Crippen LogP) is 4.28. The van der Waals surface area contributed by atoms with Crippen LogP contribution in [0.2, 0.25) is 0 Å². The Morgan fingerprint density at radius 1 is 1.20 bits per heavy atom. The molecule has 0 amide bonds. The maximum atomic E-state index is 13.7. The zero-order valence-corrected chi connectivity index (χ0v) is 12.4. The van der Waals surface area contributed by atoms with E-state index in [1.54, 1.807) is 12.1 Å². The van der Waals surface area contributed by atoms with Gasteiger partial charge in [-0.15, -0.1) is 0 Å². The molecule has 20 heavy (non-hydrogen) atoms. The molecule has 0 atom stereocenters. The number of halogens is 3. The summed E-state index contributed by atoms with van der Waals surface area (Å²) < 4.78 is 32.7. The zero-order chi connectivity index (χ0) is 14.9. The summed E-state index contributed by atoms with van der Waals surface area (Å²) in [6, 6.07) is 6.71. The topological polar surface area (TPSA) is 26.3 Å². The molecule has 0 radical (unpaired) electrons. The van der Waals surface area contributed by atoms with Gasteiger partial charge < -0.3 is 4.74 Å². The van der Waals surface area contributed by atoms with Crippen molar-refractivity contribution in [1.82, 2.24) is 0 Å². The average Bonchev–Trinajstić information content (AvgIpc) is 2.43. The van der Waals surface area contributed by atoms with E-state index in [0.717, 1.165) is 11.6 Å². The molecular weight excluding hydrogens is 330 g/mol. The lowest BCUT2D eigenvalue weighted by molar-refractivity contribution is 0.103. The fraction of sp³-hybridized carbons (Fsp3) is 0.133. The maximum absolute atomic E-state index is 13.7. The van der Waals surface area contributed by atoms with Crippen molar-refractivity contribution in [2.24, 2.45) is 0 Å². The Morgan fingerprint density at radius 2 is 1.90 bits per heavy atom. The Bertz CT molecular complexity index is 684. The molecule has 0 fully saturated rings. The highest BCUT2D eigenvalue weighted by atomic mass is 79.9. The number of hydrogen-bond donors (Lipinski definition) is 0. The van der Waals surface area contributed by atoms with Crippen LogP contribution in [0.1, 0.15) is 21.5 Å². The third-order valence-corrected chi connectivity index (χ3v) is 3.78. The van der Waals surface area contributed by atoms with Crippen molar-refractivity contribution in [3.63, 3.8) is 0 Å². The highest BCUT2D eigenvalue weighted by Crippen LogP contribution is 2.29. The Labute approximate surface area is 123 Å². The van der Waals surface area contributed by atoms with E-state index in [0.29, 0.717) is 10.2 Å². The van der Waals surface area contributed by atoms with E-state index < -0.39 is 17.4 Å². The van der Waals surface area contributed by atoms with Gasteiger partial charge in [-0.2, -0.15) is 0 Å². The van der Waals surface area contributed by atoms with Crippen molar-refractivity contribution >= 4 is 21.7 Å². The fourth-order valence-electron chi connectivity index (χ4n) is 1.83. The standard InChI is InChI=1S/C15H11BrF2O2/c1-8-6-13(20-2)10(7-11(8)16)15(19)9-4-3-5-12(17)14(9)18/h3-7H,1-2H3. The fourth-order valence-corrected chi connectivity index (χ4v) is 2.17. The summed E-state index contributed by atoms with van der Waals surface area (Å²) in [6.07, 6.45) is 0. The highest BCUT2D eigenvalue weighted by Gasteiger charge is 2.21. The molecule has 0 aliphatic rings. The van der Waals surface area contributed by atoms with E-state index in [-0.39, 0.29) is 11.1 Å². The summed E-state index contributed by atoms with van der Waals surface area (Å²) in [7, 11) is 1.42. The molecule has 0 spiro atoms. The monoisotopic (exact) mass is 340 g/mol. The third-order valence-electron chi connectivity index (χ3n) is 2.92. The molecule has 0 unspecified atom stereocenters. The van der Waals surface area contributed by atoms with Crippen LogP contribution in [0.25, 0.3) is 0 Å². The number of benzene rings is 2. The summed E-state index contributed by atoms with van der Waals surface area (Å²) in [5, 5.41) is 0. The first-order valence-electron chi connectivity index (χ1n) is 5.78. The van der Waals surface area contributed by atoms with Crippen LogP contribution in [0.5, 0.6) is 5.75 Å². The number of aryl methyl sites for hydroxylation is 1. The summed E-state index contributed by atoms with van der Waals surface area (Å²) in [6.45, 7) is 1.84. The van der Waals surface area contributed by atoms with E-state index in [9.17, 15) is 13.6 Å². The molecule has 0 saturated carbocycles. The number of ether oxygens (including phenoxy) is 1. The predicted molar refractivity (Wildman–Crippen MR) is 75.2 cm³/mol. The molecule has 0 saturated heterocycles. The van der Waals surface area contributed by atoms with Gasteiger partial charge in [0, 0.05) is 4.47 Å². The second kappa shape index (κ2) is 5.71. The van der Waals surface area contributed by atoms with Crippen LogP contribution in [0.15, 0.2) is 34.8 Å². The van der Waals surface area contributed by atoms with E-state index in [1.165, 1.54) is 19.2 Å². The van der Waals surface area contributed by atoms with Crippen LogP contribution >= 0.6 is 15.9 Å². The Balaban J connectivity index is 2.59. The molecular formula is C15H11BrF2O2. The molecule has 0 N–H and O–H groups in total. The van der Waals surface area contributed by atoms with Gasteiger partial charge in [-0.1, -0.05) is 22.0 Å². The second-order valence-corrected chi connectivity index (χ2v) is 5.09. The van der Waals surface area contributed by atoms with Gasteiger partial charge >= 0.3 is 0 Å². The van der Waals surface area contributed by atoms with Crippen LogP contribution in [0.4, 0.5) is 8.78 Å². The van der Waals surface area contributed by atoms with Crippen LogP contribution < -0.4 is 4.74 Å². The quantitative estimate of drug-likeness (QED) is 0.779. The lowest BCUT2D eigenvalue weighted by Crippen LogP contribution is -2.08. The van der Waals surface area contributed by atoms with Crippen LogP contribution in [0, 0.1) is 18.6 Å². The summed E-state index contributed by atoms with van der Waals surface area (Å²) in [5.41, 5.74) is 0.728. The molecule has 2 nitrogen and oxygen atoms in total. The van der Waals surface area contributed by atoms with Crippen LogP contribution in [-0.4, -0.2) is 12.9 Å². The van der Waals surface area contributed by atoms with Gasteiger partial charge in [0.2, 0.25) is 0 Å². The van der Waals surface area contributed by atoms with E-state index >= 15 is 0 Å². The Kier molecular flexibility index (Phi) is 4.18. The van der Waals surface area contributed by atoms with Gasteiger partial charge in [-0.05, 0) is 36.8 Å². The van der Waals surface area contributed by atoms with Crippen molar-refractivity contribution in [1.29, 1.82) is 0 Å². The highest BCUT2D eigenvalue weighted by molar-refractivity contribution is 9.10. The van der Waals surface area contributed by atoms with E-state index in [4.69, 9.17) is 4.74 Å². The Hall–Kier alpha value is -1.75. The summed E-state index contributed by atoms with van der Waals surface area (Å²) >= 11 is 3.31. The van der Waals surface area contributed by atoms with Crippen molar-refractivity contribution in [2.75, 3.05) is 7.11 Å². The van der Waals surface area contributed by atoms with E-state index in [1.807, 2.05) is 6.92 Å². The first-order chi connectivity index (χ1) is 9.45. The van der Waals surface area contributed by atoms with Crippen molar-refractivity contribution in [2.45, 2.75) is 6.92 Å². The normalized spacial score (nSPS) is 10.4. The first-order valence-corrected chi connectivity index (χ1v) is 6.58. The largest absolute Gasteiger partial charge is 0.496 e. The summed E-state index contributed by atoms with van der Waals surface area (Å²) in [5.74, 6) is -2.52. The van der Waals surface area contributed by atoms with Gasteiger partial charge in [0.15, 0.2) is 17.4 Å². The molecule has 0 heterocycles. The van der Waals surface area contributed by atoms with Gasteiger partial charge in [-0.25, -0.2) is 8.78 Å². The van der Waals surface area contributed by atoms with Gasteiger partial charge in [0.05, 0.1) is 18.2 Å². The molecule has 0 aliphatic heterocycles. The lowest BCUT2D eigenvalue weighted by atomic mass is 10.0. The SMILES string of the molecule is COc1cc(C)c(Br)cc1C(=O)c1cccc(F)c1F. The zero-order valence-electron chi connectivity index (χ0n) is 10.8. The number of hydrogen-bond acceptors (Lipinski definition) is 2. The molecule has 2 aromatic rings. The average molecular weight is 341 g/mol. The maximum Gasteiger partial charge on any atom is 0.199 e. The van der Waals surface area contributed by atoms with E-state index in [2.05, 4.69) is 15.9 Å². The third kappa shape index (κ3) is 2.58. The number of carbonyl (C=O) groups excluding carboxylic acids is 1. The van der Waals surface area contributed by atoms with Gasteiger partial charge in [0.1, 0.15) is 5.75 Å². The second-order valence-electron chi connectivity index (χ2n) is 4.23. The molecule has 0 aromatic heterocycles. The first kappa shape index (κ1) is 14.7. The number of ketones is 1. The minimum atomic E-state index is -1.16.